The van der Waals surface area contributed by atoms with E-state index in [4.69, 9.17) is 10.00 Å². The third kappa shape index (κ3) is 6.30. The number of sulfone groups is 1. The molecule has 0 spiro atoms. The second-order valence-corrected chi connectivity index (χ2v) is 10.5. The van der Waals surface area contributed by atoms with Crippen molar-refractivity contribution >= 4 is 15.7 Å². The Morgan fingerprint density at radius 3 is 2.31 bits per heavy atom. The molecule has 0 radical (unpaired) electrons. The number of ether oxygens (including phenoxy) is 1. The minimum Gasteiger partial charge on any atom is -0.381 e. The molecule has 0 bridgehead atoms. The summed E-state index contributed by atoms with van der Waals surface area (Å²) < 4.78 is 71.3. The molecule has 2 N–H and O–H groups in total. The molecule has 1 aliphatic heterocycles. The summed E-state index contributed by atoms with van der Waals surface area (Å²) in [5.41, 5.74) is -1.09. The maximum Gasteiger partial charge on any atom is 0.404 e. The number of rotatable bonds is 9. The van der Waals surface area contributed by atoms with Crippen molar-refractivity contribution in [3.8, 4) is 6.07 Å². The van der Waals surface area contributed by atoms with Crippen molar-refractivity contribution in [2.24, 2.45) is 11.8 Å². The van der Waals surface area contributed by atoms with Crippen molar-refractivity contribution in [3.63, 3.8) is 0 Å². The van der Waals surface area contributed by atoms with E-state index in [1.807, 2.05) is 6.07 Å². The lowest BCUT2D eigenvalue weighted by atomic mass is 9.90. The van der Waals surface area contributed by atoms with E-state index in [9.17, 15) is 26.4 Å². The Bertz CT molecular complexity index is 751. The average molecular weight is 437 g/mol. The molecule has 29 heavy (non-hydrogen) atoms. The summed E-state index contributed by atoms with van der Waals surface area (Å²) in [6.07, 6.45) is -1.96. The topological polar surface area (TPSA) is 108 Å². The van der Waals surface area contributed by atoms with Crippen molar-refractivity contribution in [2.75, 3.05) is 24.7 Å². The fraction of sp³-hybridized carbons (Fsp3) is 0.889. The summed E-state index contributed by atoms with van der Waals surface area (Å²) >= 11 is 0. The second kappa shape index (κ2) is 8.40. The van der Waals surface area contributed by atoms with E-state index in [-0.39, 0.29) is 37.7 Å². The predicted molar refractivity (Wildman–Crippen MR) is 97.4 cm³/mol. The van der Waals surface area contributed by atoms with Gasteiger partial charge in [0.05, 0.1) is 17.6 Å². The Labute approximate surface area is 168 Å². The molecule has 3 rings (SSSR count). The molecule has 11 heteroatoms. The van der Waals surface area contributed by atoms with Gasteiger partial charge in [0.15, 0.2) is 9.84 Å². The highest BCUT2D eigenvalue weighted by Gasteiger charge is 2.49. The van der Waals surface area contributed by atoms with Gasteiger partial charge in [0.1, 0.15) is 17.6 Å². The quantitative estimate of drug-likeness (QED) is 0.563. The first kappa shape index (κ1) is 22.3. The molecule has 2 aliphatic carbocycles. The van der Waals surface area contributed by atoms with E-state index in [0.29, 0.717) is 12.8 Å². The fourth-order valence-corrected chi connectivity index (χ4v) is 5.58. The van der Waals surface area contributed by atoms with Crippen LogP contribution in [0.25, 0.3) is 0 Å². The van der Waals surface area contributed by atoms with Crippen LogP contribution < -0.4 is 10.6 Å². The summed E-state index contributed by atoms with van der Waals surface area (Å²) in [7, 11) is -3.72. The summed E-state index contributed by atoms with van der Waals surface area (Å²) in [6, 6.07) is -1.65. The van der Waals surface area contributed by atoms with E-state index in [2.05, 4.69) is 10.6 Å². The Morgan fingerprint density at radius 1 is 1.21 bits per heavy atom. The third-order valence-corrected chi connectivity index (χ3v) is 7.54. The highest BCUT2D eigenvalue weighted by molar-refractivity contribution is 7.91. The molecule has 3 aliphatic rings. The number of nitriles is 1. The van der Waals surface area contributed by atoms with Gasteiger partial charge >= 0.3 is 6.18 Å². The van der Waals surface area contributed by atoms with Crippen molar-refractivity contribution in [1.82, 2.24) is 10.6 Å². The Morgan fingerprint density at radius 2 is 1.83 bits per heavy atom. The number of amides is 1. The SMILES string of the molecule is N#CC1(NC(=O)[C@H](CS(=O)(=O)CC2CC2)NC(C2CCOCC2)C(F)(F)F)CC1. The first-order chi connectivity index (χ1) is 13.5. The predicted octanol–water partition coefficient (Wildman–Crippen LogP) is 1.30. The lowest BCUT2D eigenvalue weighted by molar-refractivity contribution is -0.176. The number of nitrogens with one attached hydrogen (secondary N) is 2. The largest absolute Gasteiger partial charge is 0.404 e. The monoisotopic (exact) mass is 437 g/mol. The molecule has 1 saturated heterocycles. The van der Waals surface area contributed by atoms with Crippen LogP contribution in [0.5, 0.6) is 0 Å². The van der Waals surface area contributed by atoms with Gasteiger partial charge in [0.2, 0.25) is 5.91 Å². The first-order valence-electron chi connectivity index (χ1n) is 9.88. The molecule has 0 aromatic carbocycles. The number of nitrogens with zero attached hydrogens (tertiary/aromatic N) is 1. The van der Waals surface area contributed by atoms with Crippen LogP contribution >= 0.6 is 0 Å². The normalized spacial score (nSPS) is 24.3. The van der Waals surface area contributed by atoms with E-state index >= 15 is 0 Å². The van der Waals surface area contributed by atoms with Gasteiger partial charge in [-0.3, -0.25) is 10.1 Å². The van der Waals surface area contributed by atoms with Gasteiger partial charge in [-0.25, -0.2) is 8.42 Å². The van der Waals surface area contributed by atoms with E-state index < -0.39 is 51.2 Å². The summed E-state index contributed by atoms with van der Waals surface area (Å²) in [5, 5.41) is 13.9. The zero-order chi connectivity index (χ0) is 21.3. The van der Waals surface area contributed by atoms with Crippen molar-refractivity contribution in [3.05, 3.63) is 0 Å². The fourth-order valence-electron chi connectivity index (χ4n) is 3.64. The molecule has 1 unspecified atom stereocenters. The van der Waals surface area contributed by atoms with Crippen LogP contribution in [0.15, 0.2) is 0 Å². The molecule has 2 saturated carbocycles. The number of carbonyl (C=O) groups is 1. The van der Waals surface area contributed by atoms with Crippen LogP contribution in [0.3, 0.4) is 0 Å². The number of carbonyl (C=O) groups excluding carboxylic acids is 1. The van der Waals surface area contributed by atoms with Crippen molar-refractivity contribution < 1.29 is 31.1 Å². The van der Waals surface area contributed by atoms with Gasteiger partial charge < -0.3 is 10.1 Å². The Hall–Kier alpha value is -1.38. The summed E-state index contributed by atoms with van der Waals surface area (Å²) in [4.78, 5) is 12.7. The molecule has 1 heterocycles. The molecule has 164 valence electrons. The highest BCUT2D eigenvalue weighted by atomic mass is 32.2. The molecule has 1 amide bonds. The highest BCUT2D eigenvalue weighted by Crippen LogP contribution is 2.35. The van der Waals surface area contributed by atoms with Crippen LogP contribution in [0.1, 0.15) is 38.5 Å². The van der Waals surface area contributed by atoms with Crippen LogP contribution in [0, 0.1) is 23.2 Å². The minimum absolute atomic E-state index is 0.0199. The third-order valence-electron chi connectivity index (χ3n) is 5.72. The molecule has 3 fully saturated rings. The van der Waals surface area contributed by atoms with Crippen molar-refractivity contribution in [1.29, 1.82) is 5.26 Å². The Balaban J connectivity index is 1.77. The lowest BCUT2D eigenvalue weighted by Gasteiger charge is -2.35. The smallest absolute Gasteiger partial charge is 0.381 e. The number of alkyl halides is 3. The van der Waals surface area contributed by atoms with Gasteiger partial charge in [-0.15, -0.1) is 0 Å². The molecular formula is C18H26F3N3O4S. The molecule has 0 aromatic heterocycles. The van der Waals surface area contributed by atoms with Gasteiger partial charge in [-0.2, -0.15) is 18.4 Å². The lowest BCUT2D eigenvalue weighted by Crippen LogP contribution is -2.60. The van der Waals surface area contributed by atoms with Gasteiger partial charge in [-0.1, -0.05) is 0 Å². The van der Waals surface area contributed by atoms with E-state index in [1.54, 1.807) is 0 Å². The van der Waals surface area contributed by atoms with Crippen LogP contribution in [-0.4, -0.2) is 62.8 Å². The molecule has 7 nitrogen and oxygen atoms in total. The zero-order valence-electron chi connectivity index (χ0n) is 16.0. The summed E-state index contributed by atoms with van der Waals surface area (Å²) in [6.45, 7) is 0.376. The summed E-state index contributed by atoms with van der Waals surface area (Å²) in [5.74, 6) is -2.50. The van der Waals surface area contributed by atoms with Gasteiger partial charge in [0.25, 0.3) is 0 Å². The average Bonchev–Trinajstić information content (AvgIpc) is 3.56. The molecular weight excluding hydrogens is 411 g/mol. The second-order valence-electron chi connectivity index (χ2n) is 8.39. The van der Waals surface area contributed by atoms with Crippen LogP contribution in [0.4, 0.5) is 13.2 Å². The first-order valence-corrected chi connectivity index (χ1v) is 11.7. The zero-order valence-corrected chi connectivity index (χ0v) is 16.8. The number of hydrogen-bond acceptors (Lipinski definition) is 6. The molecule has 0 aromatic rings. The van der Waals surface area contributed by atoms with Gasteiger partial charge in [0, 0.05) is 13.2 Å². The van der Waals surface area contributed by atoms with E-state index in [0.717, 1.165) is 12.8 Å². The standard InChI is InChI=1S/C18H26F3N3O4S/c19-18(20,21)15(13-3-7-28-8-4-13)23-14(10-29(26,27)9-12-1-2-12)16(25)24-17(11-22)5-6-17/h12-15,23H,1-10H2,(H,24,25)/t14-,15?/m0/s1. The number of halogens is 3. The van der Waals surface area contributed by atoms with Crippen LogP contribution in [-0.2, 0) is 19.4 Å². The molecule has 2 atom stereocenters. The Kier molecular flexibility index (Phi) is 6.46. The number of hydrogen-bond donors (Lipinski definition) is 2. The maximum atomic E-state index is 13.8. The minimum atomic E-state index is -4.65. The maximum absolute atomic E-state index is 13.8. The van der Waals surface area contributed by atoms with Crippen molar-refractivity contribution in [2.45, 2.75) is 62.3 Å². The van der Waals surface area contributed by atoms with Gasteiger partial charge in [-0.05, 0) is 50.4 Å². The van der Waals surface area contributed by atoms with E-state index in [1.165, 1.54) is 0 Å². The van der Waals surface area contributed by atoms with Crippen LogP contribution in [0.2, 0.25) is 0 Å².